The third kappa shape index (κ3) is 4.05. The summed E-state index contributed by atoms with van der Waals surface area (Å²) in [6.45, 7) is 5.37. The number of fused-ring (bicyclic) bond motifs is 2. The van der Waals surface area contributed by atoms with Crippen molar-refractivity contribution in [1.82, 2.24) is 5.32 Å². The van der Waals surface area contributed by atoms with Crippen LogP contribution in [0.4, 0.5) is 4.39 Å². The predicted octanol–water partition coefficient (Wildman–Crippen LogP) is 2.66. The van der Waals surface area contributed by atoms with Crippen LogP contribution in [-0.4, -0.2) is 50.1 Å². The maximum absolute atomic E-state index is 14.0. The first-order valence-corrected chi connectivity index (χ1v) is 10.7. The Kier molecular flexibility index (Phi) is 6.04. The maximum atomic E-state index is 14.0. The van der Waals surface area contributed by atoms with E-state index in [1.54, 1.807) is 0 Å². The SMILES string of the molecule is CCc1cc2c(cc1CC1=NC3C(N)=NC(F)N=C3C(C)C(CCNC)C1)OCO2. The minimum atomic E-state index is -1.62. The lowest BCUT2D eigenvalue weighted by molar-refractivity contribution is 0.174. The molecule has 30 heavy (non-hydrogen) atoms. The normalized spacial score (nSPS) is 27.7. The van der Waals surface area contributed by atoms with Crippen LogP contribution in [0.2, 0.25) is 0 Å². The third-order valence-corrected chi connectivity index (χ3v) is 6.29. The zero-order chi connectivity index (χ0) is 21.3. The molecule has 4 unspecified atom stereocenters. The Morgan fingerprint density at radius 2 is 1.90 bits per heavy atom. The Morgan fingerprint density at radius 3 is 2.60 bits per heavy atom. The number of hydrogen-bond donors (Lipinski definition) is 2. The Hall–Kier alpha value is -2.48. The van der Waals surface area contributed by atoms with Crippen molar-refractivity contribution in [3.63, 3.8) is 0 Å². The predicted molar refractivity (Wildman–Crippen MR) is 117 cm³/mol. The van der Waals surface area contributed by atoms with Gasteiger partial charge in [-0.2, -0.15) is 4.39 Å². The van der Waals surface area contributed by atoms with E-state index in [9.17, 15) is 4.39 Å². The number of benzene rings is 1. The van der Waals surface area contributed by atoms with E-state index >= 15 is 0 Å². The van der Waals surface area contributed by atoms with Crippen LogP contribution in [0.25, 0.3) is 0 Å². The third-order valence-electron chi connectivity index (χ3n) is 6.29. The van der Waals surface area contributed by atoms with Gasteiger partial charge in [-0.3, -0.25) is 4.99 Å². The summed E-state index contributed by atoms with van der Waals surface area (Å²) in [7, 11) is 1.94. The minimum absolute atomic E-state index is 0.0827. The summed E-state index contributed by atoms with van der Waals surface area (Å²) in [6, 6.07) is 3.65. The Bertz CT molecular complexity index is 898. The number of nitrogens with two attached hydrogens (primary N) is 1. The van der Waals surface area contributed by atoms with Crippen molar-refractivity contribution < 1.29 is 13.9 Å². The molecule has 0 saturated heterocycles. The van der Waals surface area contributed by atoms with Gasteiger partial charge in [0.2, 0.25) is 6.79 Å². The fourth-order valence-corrected chi connectivity index (χ4v) is 4.56. The van der Waals surface area contributed by atoms with Crippen molar-refractivity contribution in [2.75, 3.05) is 20.4 Å². The number of ether oxygens (including phenoxy) is 2. The van der Waals surface area contributed by atoms with Crippen LogP contribution in [0.15, 0.2) is 27.1 Å². The molecule has 1 aromatic rings. The monoisotopic (exact) mass is 415 g/mol. The topological polar surface area (TPSA) is 93.6 Å². The number of alkyl halides is 1. The van der Waals surface area contributed by atoms with E-state index in [-0.39, 0.29) is 18.5 Å². The van der Waals surface area contributed by atoms with Gasteiger partial charge in [-0.05, 0) is 62.0 Å². The number of nitrogens with one attached hydrogen (secondary N) is 1. The first-order chi connectivity index (χ1) is 14.5. The van der Waals surface area contributed by atoms with Gasteiger partial charge in [0, 0.05) is 18.1 Å². The molecule has 0 fully saturated rings. The Balaban J connectivity index is 1.68. The highest BCUT2D eigenvalue weighted by molar-refractivity contribution is 6.14. The van der Waals surface area contributed by atoms with Gasteiger partial charge in [0.1, 0.15) is 11.9 Å². The molecule has 3 N–H and O–H groups in total. The van der Waals surface area contributed by atoms with Gasteiger partial charge in [0.15, 0.2) is 11.5 Å². The van der Waals surface area contributed by atoms with Crippen LogP contribution in [-0.2, 0) is 12.8 Å². The van der Waals surface area contributed by atoms with Crippen LogP contribution < -0.4 is 20.5 Å². The summed E-state index contributed by atoms with van der Waals surface area (Å²) >= 11 is 0. The van der Waals surface area contributed by atoms with Crippen LogP contribution in [0.3, 0.4) is 0 Å². The van der Waals surface area contributed by atoms with E-state index in [1.165, 1.54) is 11.1 Å². The molecule has 7 nitrogen and oxygen atoms in total. The molecule has 1 aromatic carbocycles. The van der Waals surface area contributed by atoms with Crippen molar-refractivity contribution in [2.45, 2.75) is 52.0 Å². The zero-order valence-electron chi connectivity index (χ0n) is 17.8. The zero-order valence-corrected chi connectivity index (χ0v) is 17.8. The lowest BCUT2D eigenvalue weighted by Gasteiger charge is -2.27. The van der Waals surface area contributed by atoms with E-state index in [0.29, 0.717) is 18.1 Å². The number of halogens is 1. The van der Waals surface area contributed by atoms with Gasteiger partial charge in [-0.15, -0.1) is 0 Å². The average Bonchev–Trinajstić information content (AvgIpc) is 3.13. The first kappa shape index (κ1) is 20.8. The first-order valence-electron chi connectivity index (χ1n) is 10.7. The summed E-state index contributed by atoms with van der Waals surface area (Å²) in [5.41, 5.74) is 10.3. The van der Waals surface area contributed by atoms with Crippen LogP contribution >= 0.6 is 0 Å². The number of rotatable bonds is 6. The van der Waals surface area contributed by atoms with Gasteiger partial charge in [0.05, 0.1) is 5.71 Å². The number of aryl methyl sites for hydroxylation is 1. The summed E-state index contributed by atoms with van der Waals surface area (Å²) in [5, 5.41) is 3.22. The average molecular weight is 416 g/mol. The molecule has 0 aromatic heterocycles. The molecule has 8 heteroatoms. The van der Waals surface area contributed by atoms with Crippen molar-refractivity contribution in [3.05, 3.63) is 23.3 Å². The number of nitrogens with zero attached hydrogens (tertiary/aromatic N) is 3. The second kappa shape index (κ2) is 8.71. The van der Waals surface area contributed by atoms with Gasteiger partial charge in [0.25, 0.3) is 6.42 Å². The molecule has 4 rings (SSSR count). The van der Waals surface area contributed by atoms with Crippen molar-refractivity contribution in [2.24, 2.45) is 32.5 Å². The fraction of sp³-hybridized carbons (Fsp3) is 0.591. The molecule has 0 spiro atoms. The molecule has 0 radical (unpaired) electrons. The molecular formula is C22H30FN5O2. The summed E-state index contributed by atoms with van der Waals surface area (Å²) in [5.74, 6) is 2.17. The second-order valence-electron chi connectivity index (χ2n) is 8.17. The minimum Gasteiger partial charge on any atom is -0.454 e. The van der Waals surface area contributed by atoms with Crippen LogP contribution in [0.1, 0.15) is 37.8 Å². The molecular weight excluding hydrogens is 385 g/mol. The molecule has 3 aliphatic heterocycles. The molecule has 0 bridgehead atoms. The summed E-state index contributed by atoms with van der Waals surface area (Å²) in [6.07, 6.45) is 1.74. The number of aliphatic imine (C=N–C) groups is 3. The van der Waals surface area contributed by atoms with Gasteiger partial charge in [-0.1, -0.05) is 13.8 Å². The summed E-state index contributed by atoms with van der Waals surface area (Å²) in [4.78, 5) is 13.0. The van der Waals surface area contributed by atoms with Crippen LogP contribution in [0.5, 0.6) is 11.5 Å². The van der Waals surface area contributed by atoms with E-state index in [2.05, 4.69) is 41.3 Å². The maximum Gasteiger partial charge on any atom is 0.285 e. The molecule has 0 saturated carbocycles. The van der Waals surface area contributed by atoms with Gasteiger partial charge in [-0.25, -0.2) is 9.98 Å². The highest BCUT2D eigenvalue weighted by Crippen LogP contribution is 2.36. The fourth-order valence-electron chi connectivity index (χ4n) is 4.56. The standard InChI is InChI=1S/C22H30FN5O2/c1-4-13-9-17-18(30-11-29-17)10-15(13)8-16-7-14(5-6-25-3)12(2)19-20(26-16)21(24)28-22(23)27-19/h9-10,12,14,20,22,25H,4-8,11H2,1-3H3,(H2,24,28). The molecule has 0 aliphatic carbocycles. The number of hydrogen-bond acceptors (Lipinski definition) is 7. The quantitative estimate of drug-likeness (QED) is 0.699. The smallest absolute Gasteiger partial charge is 0.285 e. The molecule has 162 valence electrons. The van der Waals surface area contributed by atoms with Gasteiger partial charge < -0.3 is 20.5 Å². The van der Waals surface area contributed by atoms with E-state index in [4.69, 9.17) is 20.2 Å². The van der Waals surface area contributed by atoms with E-state index < -0.39 is 12.5 Å². The second-order valence-corrected chi connectivity index (χ2v) is 8.17. The Morgan fingerprint density at radius 1 is 1.17 bits per heavy atom. The highest BCUT2D eigenvalue weighted by Gasteiger charge is 2.36. The molecule has 3 heterocycles. The molecule has 3 aliphatic rings. The van der Waals surface area contributed by atoms with Gasteiger partial charge >= 0.3 is 0 Å². The van der Waals surface area contributed by atoms with Crippen molar-refractivity contribution in [3.8, 4) is 11.5 Å². The highest BCUT2D eigenvalue weighted by atomic mass is 19.1. The van der Waals surface area contributed by atoms with E-state index in [0.717, 1.165) is 43.0 Å². The molecule has 0 amide bonds. The van der Waals surface area contributed by atoms with Crippen molar-refractivity contribution in [1.29, 1.82) is 0 Å². The van der Waals surface area contributed by atoms with Crippen molar-refractivity contribution >= 4 is 17.3 Å². The van der Waals surface area contributed by atoms with Crippen LogP contribution in [0, 0.1) is 11.8 Å². The lowest BCUT2D eigenvalue weighted by atomic mass is 9.81. The summed E-state index contributed by atoms with van der Waals surface area (Å²) < 4.78 is 25.1. The van der Waals surface area contributed by atoms with E-state index in [1.807, 2.05) is 7.05 Å². The largest absolute Gasteiger partial charge is 0.454 e. The lowest BCUT2D eigenvalue weighted by Crippen LogP contribution is -2.42. The number of amidine groups is 1. The molecule has 4 atom stereocenters. The Labute approximate surface area is 176 Å².